The number of nitrogens with zero attached hydrogens (tertiary/aromatic N) is 7. The number of fused-ring (bicyclic) bond motifs is 1. The average molecular weight is 735 g/mol. The highest BCUT2D eigenvalue weighted by atomic mass is 32.2. The molecule has 0 unspecified atom stereocenters. The van der Waals surface area contributed by atoms with Crippen LogP contribution < -0.4 is 10.5 Å². The molecule has 0 atom stereocenters. The molecular weight excluding hydrogens is 713 g/mol. The first kappa shape index (κ1) is 35.7. The number of nitro groups is 1. The lowest BCUT2D eigenvalue weighted by Gasteiger charge is -2.14. The number of benzene rings is 5. The van der Waals surface area contributed by atoms with Gasteiger partial charge in [-0.1, -0.05) is 0 Å². The molecule has 0 saturated heterocycles. The number of anilines is 1. The molecule has 0 aliphatic carbocycles. The fourth-order valence-corrected chi connectivity index (χ4v) is 5.88. The number of phenols is 1. The van der Waals surface area contributed by atoms with Gasteiger partial charge in [0.25, 0.3) is 32.4 Å². The molecule has 51 heavy (non-hydrogen) atoms. The third kappa shape index (κ3) is 8.02. The maximum Gasteiger partial charge on any atom is 0.298 e. The highest BCUT2D eigenvalue weighted by molar-refractivity contribution is 7.86. The zero-order chi connectivity index (χ0) is 37.1. The van der Waals surface area contributed by atoms with Gasteiger partial charge in [0, 0.05) is 17.5 Å². The van der Waals surface area contributed by atoms with E-state index in [0.29, 0.717) is 35.2 Å². The number of hydrogen-bond donors (Lipinski definition) is 4. The fourth-order valence-electron chi connectivity index (χ4n) is 4.53. The molecule has 5 aromatic carbocycles. The van der Waals surface area contributed by atoms with Crippen molar-refractivity contribution in [2.24, 2.45) is 30.7 Å². The van der Waals surface area contributed by atoms with Crippen molar-refractivity contribution in [2.45, 2.75) is 16.7 Å². The predicted octanol–water partition coefficient (Wildman–Crippen LogP) is 7.62. The Bertz CT molecular complexity index is 2520. The molecule has 0 aromatic heterocycles. The van der Waals surface area contributed by atoms with Crippen LogP contribution in [0.1, 0.15) is 5.56 Å². The van der Waals surface area contributed by atoms with Crippen LogP contribution in [0, 0.1) is 17.0 Å². The van der Waals surface area contributed by atoms with Crippen molar-refractivity contribution in [3.05, 3.63) is 94.5 Å². The van der Waals surface area contributed by atoms with Crippen LogP contribution in [0.25, 0.3) is 10.8 Å². The smallest absolute Gasteiger partial charge is 0.298 e. The van der Waals surface area contributed by atoms with Crippen LogP contribution in [-0.2, 0) is 25.0 Å². The first-order valence-electron chi connectivity index (χ1n) is 13.9. The Balaban J connectivity index is 1.57. The van der Waals surface area contributed by atoms with Crippen molar-refractivity contribution < 1.29 is 45.5 Å². The molecule has 0 saturated carbocycles. The summed E-state index contributed by atoms with van der Waals surface area (Å²) >= 11 is 0. The van der Waals surface area contributed by atoms with Gasteiger partial charge >= 0.3 is 0 Å². The second kappa shape index (κ2) is 14.1. The molecule has 0 bridgehead atoms. The Morgan fingerprint density at radius 3 is 1.86 bits per heavy atom. The molecule has 0 fully saturated rings. The number of ether oxygens (including phenoxy) is 1. The monoisotopic (exact) mass is 734 g/mol. The minimum Gasteiger partial charge on any atom is -0.505 e. The molecule has 0 aliphatic rings. The number of nitrogens with two attached hydrogens (primary N) is 1. The van der Waals surface area contributed by atoms with E-state index in [1.165, 1.54) is 30.3 Å². The van der Waals surface area contributed by atoms with Crippen molar-refractivity contribution in [1.82, 2.24) is 0 Å². The van der Waals surface area contributed by atoms with E-state index >= 15 is 0 Å². The summed E-state index contributed by atoms with van der Waals surface area (Å²) in [6.07, 6.45) is 0. The van der Waals surface area contributed by atoms with E-state index in [1.54, 1.807) is 31.2 Å². The maximum absolute atomic E-state index is 12.4. The highest BCUT2D eigenvalue weighted by Gasteiger charge is 2.28. The van der Waals surface area contributed by atoms with Crippen LogP contribution >= 0.6 is 0 Å². The van der Waals surface area contributed by atoms with Gasteiger partial charge in [-0.05, 0) is 79.2 Å². The number of aromatic hydroxyl groups is 1. The Hall–Kier alpha value is -6.55. The molecule has 0 radical (unpaired) electrons. The lowest BCUT2D eigenvalue weighted by Crippen LogP contribution is -2.04. The summed E-state index contributed by atoms with van der Waals surface area (Å²) in [4.78, 5) is 18.7. The topological polar surface area (TPSA) is 299 Å². The number of nitrogen functional groups attached to an aromatic ring is 1. The molecule has 19 nitrogen and oxygen atoms in total. The van der Waals surface area contributed by atoms with Crippen molar-refractivity contribution in [3.63, 3.8) is 0 Å². The minimum absolute atomic E-state index is 0.0295. The van der Waals surface area contributed by atoms with Crippen LogP contribution in [0.15, 0.2) is 119 Å². The Morgan fingerprint density at radius 1 is 0.745 bits per heavy atom. The number of azo groups is 3. The van der Waals surface area contributed by atoms with Gasteiger partial charge in [-0.3, -0.25) is 24.0 Å². The Morgan fingerprint density at radius 2 is 1.29 bits per heavy atom. The largest absolute Gasteiger partial charge is 0.505 e. The van der Waals surface area contributed by atoms with Crippen molar-refractivity contribution >= 4 is 83.0 Å². The fraction of sp³-hybridized carbons (Fsp3) is 0.0333. The third-order valence-corrected chi connectivity index (χ3v) is 8.71. The maximum atomic E-state index is 12.4. The van der Waals surface area contributed by atoms with Gasteiger partial charge in [0.05, 0.1) is 38.7 Å². The van der Waals surface area contributed by atoms with E-state index in [1.807, 2.05) is 0 Å². The molecule has 5 N–H and O–H groups in total. The molecule has 0 aliphatic heterocycles. The number of nitro benzene ring substituents is 1. The molecule has 0 spiro atoms. The van der Waals surface area contributed by atoms with Crippen LogP contribution in [0.4, 0.5) is 45.5 Å². The number of rotatable bonds is 11. The van der Waals surface area contributed by atoms with E-state index < -0.39 is 62.8 Å². The molecule has 0 amide bonds. The standard InChI is InChI=1S/C30H22N8O11S2/c1-16-12-19(6-11-23(16)35-32-18-4-9-21(10-5-18)49-15-39)34-36-24-14-25(50(43,44)45)22-13-26(51(46,47)48)29(30(40)27(22)28(24)31)37-33-17-2-7-20(8-3-17)38(41)42/h2-15,40H,31H2,1H3,(H,43,44,45)(H,46,47,48)/b35-32+,36-34+,37-33+. The number of carbonyl (C=O) groups is 1. The van der Waals surface area contributed by atoms with Crippen molar-refractivity contribution in [1.29, 1.82) is 0 Å². The Kier molecular flexibility index (Phi) is 9.90. The van der Waals surface area contributed by atoms with Gasteiger partial charge in [-0.25, -0.2) is 0 Å². The predicted molar refractivity (Wildman–Crippen MR) is 180 cm³/mol. The van der Waals surface area contributed by atoms with Gasteiger partial charge in [0.15, 0.2) is 5.75 Å². The van der Waals surface area contributed by atoms with E-state index in [4.69, 9.17) is 10.5 Å². The summed E-state index contributed by atoms with van der Waals surface area (Å²) in [6, 6.07) is 16.7. The zero-order valence-corrected chi connectivity index (χ0v) is 27.3. The molecular formula is C30H22N8O11S2. The van der Waals surface area contributed by atoms with Gasteiger partial charge in [-0.2, -0.15) is 37.3 Å². The van der Waals surface area contributed by atoms with E-state index in [-0.39, 0.29) is 22.7 Å². The number of aryl methyl sites for hydroxylation is 1. The minimum atomic E-state index is -5.23. The van der Waals surface area contributed by atoms with Gasteiger partial charge in [0.2, 0.25) is 0 Å². The molecule has 5 aromatic rings. The normalized spacial score (nSPS) is 12.3. The summed E-state index contributed by atoms with van der Waals surface area (Å²) in [5, 5.41) is 44.8. The van der Waals surface area contributed by atoms with Crippen LogP contribution in [-0.4, -0.2) is 42.4 Å². The first-order chi connectivity index (χ1) is 24.1. The van der Waals surface area contributed by atoms with Gasteiger partial charge < -0.3 is 15.6 Å². The number of non-ortho nitro benzene ring substituents is 1. The second-order valence-electron chi connectivity index (χ2n) is 10.3. The number of carbonyl (C=O) groups excluding carboxylic acids is 1. The van der Waals surface area contributed by atoms with Gasteiger partial charge in [-0.15, -0.1) is 10.2 Å². The number of hydrogen-bond acceptors (Lipinski definition) is 16. The summed E-state index contributed by atoms with van der Waals surface area (Å²) < 4.78 is 74.2. The summed E-state index contributed by atoms with van der Waals surface area (Å²) in [5.41, 5.74) is 6.02. The molecule has 260 valence electrons. The van der Waals surface area contributed by atoms with Crippen LogP contribution in [0.3, 0.4) is 0 Å². The summed E-state index contributed by atoms with van der Waals surface area (Å²) in [6.45, 7) is 2.00. The summed E-state index contributed by atoms with van der Waals surface area (Å²) in [7, 11) is -10.4. The lowest BCUT2D eigenvalue weighted by molar-refractivity contribution is -0.384. The van der Waals surface area contributed by atoms with E-state index in [2.05, 4.69) is 30.7 Å². The SMILES string of the molecule is Cc1cc(/N=N/c2cc(S(=O)(=O)O)c3cc(S(=O)(=O)O)c(/N=N/c4ccc([N+](=O)[O-])cc4)c(O)c3c2N)ccc1/N=N/c1ccc(OC=O)cc1. The van der Waals surface area contributed by atoms with Crippen LogP contribution in [0.5, 0.6) is 11.5 Å². The Labute approximate surface area is 287 Å². The second-order valence-corrected chi connectivity index (χ2v) is 13.1. The van der Waals surface area contributed by atoms with Crippen molar-refractivity contribution in [2.75, 3.05) is 5.73 Å². The van der Waals surface area contributed by atoms with Crippen LogP contribution in [0.2, 0.25) is 0 Å². The zero-order valence-electron chi connectivity index (χ0n) is 25.7. The third-order valence-electron chi connectivity index (χ3n) is 6.95. The number of phenolic OH excluding ortho intramolecular Hbond substituents is 1. The first-order valence-corrected chi connectivity index (χ1v) is 16.8. The van der Waals surface area contributed by atoms with Gasteiger partial charge in [0.1, 0.15) is 26.9 Å². The summed E-state index contributed by atoms with van der Waals surface area (Å²) in [5.74, 6) is -0.740. The highest BCUT2D eigenvalue weighted by Crippen LogP contribution is 2.48. The molecule has 0 heterocycles. The molecule has 21 heteroatoms. The average Bonchev–Trinajstić information content (AvgIpc) is 3.07. The van der Waals surface area contributed by atoms with E-state index in [9.17, 15) is 46.0 Å². The van der Waals surface area contributed by atoms with Crippen molar-refractivity contribution in [3.8, 4) is 11.5 Å². The van der Waals surface area contributed by atoms with E-state index in [0.717, 1.165) is 18.2 Å². The molecule has 5 rings (SSSR count). The lowest BCUT2D eigenvalue weighted by atomic mass is 10.0. The quantitative estimate of drug-likeness (QED) is 0.0254.